The fraction of sp³-hybridized carbons (Fsp3) is 0.417. The van der Waals surface area contributed by atoms with E-state index in [1.807, 2.05) is 6.92 Å². The van der Waals surface area contributed by atoms with Crippen molar-refractivity contribution in [1.82, 2.24) is 5.32 Å². The van der Waals surface area contributed by atoms with E-state index >= 15 is 0 Å². The Labute approximate surface area is 111 Å². The van der Waals surface area contributed by atoms with Crippen molar-refractivity contribution in [2.75, 3.05) is 6.54 Å². The third-order valence-electron chi connectivity index (χ3n) is 2.28. The van der Waals surface area contributed by atoms with Crippen molar-refractivity contribution in [2.24, 2.45) is 5.73 Å². The summed E-state index contributed by atoms with van der Waals surface area (Å²) in [6.45, 7) is 2.27. The Morgan fingerprint density at radius 3 is 2.72 bits per heavy atom. The largest absolute Gasteiger partial charge is 0.356 e. The molecule has 0 bridgehead atoms. The highest BCUT2D eigenvalue weighted by atomic mass is 35.5. The number of nitrogens with two attached hydrogens (primary N) is 1. The van der Waals surface area contributed by atoms with Crippen LogP contribution in [0, 0.1) is 11.6 Å². The molecule has 6 heteroatoms. The number of hydrogen-bond donors (Lipinski definition) is 2. The number of nitrogens with one attached hydrogen (secondary N) is 1. The first kappa shape index (κ1) is 16.8. The van der Waals surface area contributed by atoms with E-state index in [4.69, 9.17) is 5.73 Å². The van der Waals surface area contributed by atoms with Crippen LogP contribution in [0.2, 0.25) is 0 Å². The van der Waals surface area contributed by atoms with Gasteiger partial charge in [0.25, 0.3) is 0 Å². The van der Waals surface area contributed by atoms with Gasteiger partial charge in [-0.25, -0.2) is 8.78 Å². The van der Waals surface area contributed by atoms with Crippen molar-refractivity contribution in [3.8, 4) is 0 Å². The van der Waals surface area contributed by atoms with Gasteiger partial charge < -0.3 is 11.1 Å². The number of amides is 1. The van der Waals surface area contributed by atoms with Crippen LogP contribution in [0.1, 0.15) is 18.9 Å². The van der Waals surface area contributed by atoms with E-state index in [0.29, 0.717) is 13.0 Å². The van der Waals surface area contributed by atoms with Gasteiger partial charge in [0.05, 0.1) is 6.42 Å². The first-order valence-corrected chi connectivity index (χ1v) is 5.45. The first-order chi connectivity index (χ1) is 7.99. The quantitative estimate of drug-likeness (QED) is 0.863. The highest BCUT2D eigenvalue weighted by Crippen LogP contribution is 2.10. The van der Waals surface area contributed by atoms with E-state index in [0.717, 1.165) is 18.2 Å². The lowest BCUT2D eigenvalue weighted by Gasteiger charge is -2.07. The molecule has 0 heterocycles. The van der Waals surface area contributed by atoms with Crippen molar-refractivity contribution in [1.29, 1.82) is 0 Å². The summed E-state index contributed by atoms with van der Waals surface area (Å²) in [5.74, 6) is -1.46. The van der Waals surface area contributed by atoms with Gasteiger partial charge in [0.1, 0.15) is 11.6 Å². The second kappa shape index (κ2) is 8.00. The molecule has 0 saturated carbocycles. The lowest BCUT2D eigenvalue weighted by Crippen LogP contribution is -2.30. The average molecular weight is 279 g/mol. The van der Waals surface area contributed by atoms with Crippen LogP contribution in [0.3, 0.4) is 0 Å². The van der Waals surface area contributed by atoms with Gasteiger partial charge in [0.2, 0.25) is 5.91 Å². The maximum atomic E-state index is 13.2. The van der Waals surface area contributed by atoms with Crippen molar-refractivity contribution in [3.63, 3.8) is 0 Å². The van der Waals surface area contributed by atoms with Crippen LogP contribution in [-0.4, -0.2) is 18.5 Å². The van der Waals surface area contributed by atoms with E-state index in [2.05, 4.69) is 5.32 Å². The minimum atomic E-state index is -0.575. The molecule has 1 aromatic rings. The molecule has 1 aromatic carbocycles. The Kier molecular flexibility index (Phi) is 7.47. The van der Waals surface area contributed by atoms with Crippen LogP contribution in [0.25, 0.3) is 0 Å². The fourth-order valence-corrected chi connectivity index (χ4v) is 1.35. The summed E-state index contributed by atoms with van der Waals surface area (Å²) in [5, 5.41) is 2.60. The second-order valence-corrected chi connectivity index (χ2v) is 4.03. The van der Waals surface area contributed by atoms with Crippen LogP contribution in [0.15, 0.2) is 18.2 Å². The average Bonchev–Trinajstić information content (AvgIpc) is 2.23. The number of benzene rings is 1. The lowest BCUT2D eigenvalue weighted by molar-refractivity contribution is -0.120. The van der Waals surface area contributed by atoms with E-state index in [-0.39, 0.29) is 36.3 Å². The fourth-order valence-electron chi connectivity index (χ4n) is 1.35. The van der Waals surface area contributed by atoms with Crippen LogP contribution in [0.4, 0.5) is 8.78 Å². The molecule has 1 amide bonds. The molecule has 0 radical (unpaired) electrons. The zero-order valence-corrected chi connectivity index (χ0v) is 10.9. The van der Waals surface area contributed by atoms with Gasteiger partial charge in [0, 0.05) is 18.2 Å². The Bertz CT molecular complexity index is 400. The lowest BCUT2D eigenvalue weighted by atomic mass is 10.1. The topological polar surface area (TPSA) is 55.1 Å². The van der Waals surface area contributed by atoms with E-state index in [1.54, 1.807) is 0 Å². The minimum absolute atomic E-state index is 0. The third-order valence-corrected chi connectivity index (χ3v) is 2.28. The van der Waals surface area contributed by atoms with E-state index in [9.17, 15) is 13.6 Å². The van der Waals surface area contributed by atoms with Crippen LogP contribution >= 0.6 is 12.4 Å². The van der Waals surface area contributed by atoms with Gasteiger partial charge in [-0.3, -0.25) is 4.79 Å². The minimum Gasteiger partial charge on any atom is -0.356 e. The predicted molar refractivity (Wildman–Crippen MR) is 68.6 cm³/mol. The molecule has 1 unspecified atom stereocenters. The predicted octanol–water partition coefficient (Wildman–Crippen LogP) is 1.78. The highest BCUT2D eigenvalue weighted by Gasteiger charge is 2.09. The van der Waals surface area contributed by atoms with Gasteiger partial charge in [-0.05, 0) is 31.5 Å². The molecule has 3 N–H and O–H groups in total. The van der Waals surface area contributed by atoms with Crippen LogP contribution in [-0.2, 0) is 11.2 Å². The van der Waals surface area contributed by atoms with Gasteiger partial charge in [-0.15, -0.1) is 12.4 Å². The summed E-state index contributed by atoms with van der Waals surface area (Å²) in [7, 11) is 0. The SMILES string of the molecule is CC(N)CCNC(=O)Cc1cc(F)ccc1F.Cl. The Morgan fingerprint density at radius 1 is 1.44 bits per heavy atom. The Hall–Kier alpha value is -1.20. The number of hydrogen-bond acceptors (Lipinski definition) is 2. The maximum absolute atomic E-state index is 13.2. The van der Waals surface area contributed by atoms with Crippen molar-refractivity contribution >= 4 is 18.3 Å². The monoisotopic (exact) mass is 278 g/mol. The van der Waals surface area contributed by atoms with Gasteiger partial charge in [0.15, 0.2) is 0 Å². The normalized spacial score (nSPS) is 11.6. The molecule has 0 spiro atoms. The molecule has 0 aliphatic rings. The first-order valence-electron chi connectivity index (χ1n) is 5.45. The molecule has 0 aliphatic heterocycles. The van der Waals surface area contributed by atoms with Crippen LogP contribution in [0.5, 0.6) is 0 Å². The highest BCUT2D eigenvalue weighted by molar-refractivity contribution is 5.85. The number of rotatable bonds is 5. The van der Waals surface area contributed by atoms with E-state index < -0.39 is 11.6 Å². The molecular weight excluding hydrogens is 262 g/mol. The molecule has 102 valence electrons. The molecule has 1 atom stereocenters. The summed E-state index contributed by atoms with van der Waals surface area (Å²) in [6.07, 6.45) is 0.486. The molecule has 18 heavy (non-hydrogen) atoms. The molecule has 1 rings (SSSR count). The number of carbonyl (C=O) groups excluding carboxylic acids is 1. The smallest absolute Gasteiger partial charge is 0.224 e. The summed E-state index contributed by atoms with van der Waals surface area (Å²) in [6, 6.07) is 3.06. The van der Waals surface area contributed by atoms with Crippen molar-refractivity contribution in [2.45, 2.75) is 25.8 Å². The van der Waals surface area contributed by atoms with Crippen LogP contribution < -0.4 is 11.1 Å². The van der Waals surface area contributed by atoms with E-state index in [1.165, 1.54) is 0 Å². The zero-order valence-electron chi connectivity index (χ0n) is 10.1. The van der Waals surface area contributed by atoms with Crippen molar-refractivity contribution < 1.29 is 13.6 Å². The summed E-state index contributed by atoms with van der Waals surface area (Å²) in [5.41, 5.74) is 5.57. The molecule has 0 fully saturated rings. The van der Waals surface area contributed by atoms with Gasteiger partial charge >= 0.3 is 0 Å². The maximum Gasteiger partial charge on any atom is 0.224 e. The summed E-state index contributed by atoms with van der Waals surface area (Å²) < 4.78 is 26.1. The molecule has 0 saturated heterocycles. The van der Waals surface area contributed by atoms with Gasteiger partial charge in [-0.1, -0.05) is 0 Å². The zero-order chi connectivity index (χ0) is 12.8. The molecule has 3 nitrogen and oxygen atoms in total. The standard InChI is InChI=1S/C12H16F2N2O.ClH/c1-8(15)4-5-16-12(17)7-9-6-10(13)2-3-11(9)14;/h2-3,6,8H,4-5,7,15H2,1H3,(H,16,17);1H. The molecule has 0 aromatic heterocycles. The second-order valence-electron chi connectivity index (χ2n) is 4.03. The van der Waals surface area contributed by atoms with Gasteiger partial charge in [-0.2, -0.15) is 0 Å². The third kappa shape index (κ3) is 5.93. The number of halogens is 3. The summed E-state index contributed by atoms with van der Waals surface area (Å²) >= 11 is 0. The number of carbonyl (C=O) groups is 1. The van der Waals surface area contributed by atoms with Crippen molar-refractivity contribution in [3.05, 3.63) is 35.4 Å². The Balaban J connectivity index is 0.00000289. The summed E-state index contributed by atoms with van der Waals surface area (Å²) in [4.78, 5) is 11.4. The molecular formula is C12H17ClF2N2O. The molecule has 0 aliphatic carbocycles. The Morgan fingerprint density at radius 2 is 2.11 bits per heavy atom.